The molecule has 0 spiro atoms. The smallest absolute Gasteiger partial charge is 0.255 e. The number of anilines is 1. The van der Waals surface area contributed by atoms with Crippen molar-refractivity contribution in [2.24, 2.45) is 5.92 Å². The van der Waals surface area contributed by atoms with Crippen LogP contribution in [-0.4, -0.2) is 37.6 Å². The van der Waals surface area contributed by atoms with Gasteiger partial charge in [0, 0.05) is 32.5 Å². The minimum Gasteiger partial charge on any atom is -0.399 e. The van der Waals surface area contributed by atoms with Gasteiger partial charge in [0.2, 0.25) is 0 Å². The van der Waals surface area contributed by atoms with Crippen LogP contribution in [0, 0.1) is 5.92 Å². The minimum absolute atomic E-state index is 0.157. The van der Waals surface area contributed by atoms with E-state index < -0.39 is 0 Å². The molecule has 1 heterocycles. The maximum atomic E-state index is 12.4. The molecule has 20 heavy (non-hydrogen) atoms. The highest BCUT2D eigenvalue weighted by Gasteiger charge is 2.22. The number of nitrogen functional groups attached to an aromatic ring is 1. The molecule has 1 amide bonds. The Morgan fingerprint density at radius 2 is 2.05 bits per heavy atom. The summed E-state index contributed by atoms with van der Waals surface area (Å²) in [4.78, 5) is 14.1. The van der Waals surface area contributed by atoms with Crippen molar-refractivity contribution >= 4 is 34.8 Å². The van der Waals surface area contributed by atoms with Crippen LogP contribution < -0.4 is 5.73 Å². The van der Waals surface area contributed by atoms with Gasteiger partial charge in [-0.3, -0.25) is 4.79 Å². The second-order valence-electron chi connectivity index (χ2n) is 5.11. The SMILES string of the molecule is CN(CC1CCOCC1)C(=O)c1cc(N)cc(Cl)c1Cl. The summed E-state index contributed by atoms with van der Waals surface area (Å²) < 4.78 is 5.32. The number of nitrogens with two attached hydrogens (primary N) is 1. The summed E-state index contributed by atoms with van der Waals surface area (Å²) in [6.45, 7) is 2.21. The third kappa shape index (κ3) is 3.57. The highest BCUT2D eigenvalue weighted by atomic mass is 35.5. The van der Waals surface area contributed by atoms with Crippen molar-refractivity contribution in [1.82, 2.24) is 4.90 Å². The molecule has 0 aromatic heterocycles. The molecule has 1 aromatic rings. The summed E-state index contributed by atoms with van der Waals surface area (Å²) >= 11 is 12.1. The molecular weight excluding hydrogens is 299 g/mol. The molecule has 110 valence electrons. The first kappa shape index (κ1) is 15.4. The number of carbonyl (C=O) groups is 1. The molecule has 0 aliphatic carbocycles. The highest BCUT2D eigenvalue weighted by molar-refractivity contribution is 6.44. The molecule has 1 aliphatic rings. The number of amides is 1. The van der Waals surface area contributed by atoms with Gasteiger partial charge in [-0.25, -0.2) is 0 Å². The number of hydrogen-bond donors (Lipinski definition) is 1. The van der Waals surface area contributed by atoms with Gasteiger partial charge >= 0.3 is 0 Å². The Morgan fingerprint density at radius 1 is 1.40 bits per heavy atom. The van der Waals surface area contributed by atoms with E-state index in [1.807, 2.05) is 0 Å². The lowest BCUT2D eigenvalue weighted by molar-refractivity contribution is 0.0497. The summed E-state index contributed by atoms with van der Waals surface area (Å²) in [5.74, 6) is 0.309. The lowest BCUT2D eigenvalue weighted by atomic mass is 9.99. The van der Waals surface area contributed by atoms with Crippen molar-refractivity contribution in [1.29, 1.82) is 0 Å². The van der Waals surface area contributed by atoms with Crippen molar-refractivity contribution in [2.75, 3.05) is 32.5 Å². The van der Waals surface area contributed by atoms with Crippen LogP contribution in [0.5, 0.6) is 0 Å². The topological polar surface area (TPSA) is 55.6 Å². The average molecular weight is 317 g/mol. The Morgan fingerprint density at radius 3 is 2.70 bits per heavy atom. The van der Waals surface area contributed by atoms with Crippen molar-refractivity contribution < 1.29 is 9.53 Å². The van der Waals surface area contributed by atoms with E-state index in [9.17, 15) is 4.79 Å². The summed E-state index contributed by atoms with van der Waals surface area (Å²) in [7, 11) is 1.77. The fourth-order valence-corrected chi connectivity index (χ4v) is 2.79. The molecule has 0 radical (unpaired) electrons. The molecule has 1 fully saturated rings. The Hall–Kier alpha value is -0.970. The number of ether oxygens (including phenoxy) is 1. The molecule has 0 unspecified atom stereocenters. The van der Waals surface area contributed by atoms with Crippen molar-refractivity contribution in [3.8, 4) is 0 Å². The lowest BCUT2D eigenvalue weighted by Crippen LogP contribution is -2.34. The summed E-state index contributed by atoms with van der Waals surface area (Å²) in [6.07, 6.45) is 1.95. The van der Waals surface area contributed by atoms with E-state index in [1.54, 1.807) is 24.1 Å². The van der Waals surface area contributed by atoms with E-state index in [0.717, 1.165) is 26.1 Å². The first-order valence-electron chi connectivity index (χ1n) is 6.56. The first-order chi connectivity index (χ1) is 9.49. The third-order valence-corrected chi connectivity index (χ3v) is 4.30. The number of carbonyl (C=O) groups excluding carboxylic acids is 1. The van der Waals surface area contributed by atoms with Gasteiger partial charge in [0.05, 0.1) is 15.6 Å². The van der Waals surface area contributed by atoms with Crippen molar-refractivity contribution in [2.45, 2.75) is 12.8 Å². The summed E-state index contributed by atoms with van der Waals surface area (Å²) in [5.41, 5.74) is 6.51. The molecule has 4 nitrogen and oxygen atoms in total. The molecule has 1 saturated heterocycles. The predicted molar refractivity (Wildman–Crippen MR) is 81.4 cm³/mol. The van der Waals surface area contributed by atoms with Crippen LogP contribution in [0.25, 0.3) is 0 Å². The quantitative estimate of drug-likeness (QED) is 0.872. The second-order valence-corrected chi connectivity index (χ2v) is 5.89. The van der Waals surface area contributed by atoms with Crippen LogP contribution in [0.15, 0.2) is 12.1 Å². The predicted octanol–water partition coefficient (Wildman–Crippen LogP) is 3.07. The van der Waals surface area contributed by atoms with Crippen LogP contribution in [0.4, 0.5) is 5.69 Å². The maximum absolute atomic E-state index is 12.4. The van der Waals surface area contributed by atoms with Gasteiger partial charge in [-0.1, -0.05) is 23.2 Å². The number of rotatable bonds is 3. The molecule has 2 rings (SSSR count). The van der Waals surface area contributed by atoms with E-state index in [1.165, 1.54) is 0 Å². The van der Waals surface area contributed by atoms with E-state index in [2.05, 4.69) is 0 Å². The van der Waals surface area contributed by atoms with Gasteiger partial charge in [-0.05, 0) is 30.9 Å². The van der Waals surface area contributed by atoms with Crippen LogP contribution in [0.1, 0.15) is 23.2 Å². The van der Waals surface area contributed by atoms with Crippen molar-refractivity contribution in [3.63, 3.8) is 0 Å². The normalized spacial score (nSPS) is 16.1. The van der Waals surface area contributed by atoms with Crippen molar-refractivity contribution in [3.05, 3.63) is 27.7 Å². The fraction of sp³-hybridized carbons (Fsp3) is 0.500. The Kier molecular flexibility index (Phi) is 5.13. The molecule has 2 N–H and O–H groups in total. The molecule has 6 heteroatoms. The van der Waals surface area contributed by atoms with E-state index >= 15 is 0 Å². The first-order valence-corrected chi connectivity index (χ1v) is 7.32. The fourth-order valence-electron chi connectivity index (χ4n) is 2.37. The summed E-state index contributed by atoms with van der Waals surface area (Å²) in [6, 6.07) is 3.11. The average Bonchev–Trinajstić information content (AvgIpc) is 2.43. The summed E-state index contributed by atoms with van der Waals surface area (Å²) in [5, 5.41) is 0.555. The Bertz CT molecular complexity index is 502. The van der Waals surface area contributed by atoms with Crippen LogP contribution >= 0.6 is 23.2 Å². The van der Waals surface area contributed by atoms with Crippen LogP contribution in [0.3, 0.4) is 0 Å². The van der Waals surface area contributed by atoms with E-state index in [0.29, 0.717) is 28.7 Å². The largest absolute Gasteiger partial charge is 0.399 e. The zero-order valence-electron chi connectivity index (χ0n) is 11.4. The number of benzene rings is 1. The molecular formula is C14H18Cl2N2O2. The second kappa shape index (κ2) is 6.66. The number of nitrogens with zero attached hydrogens (tertiary/aromatic N) is 1. The molecule has 1 aliphatic heterocycles. The number of hydrogen-bond acceptors (Lipinski definition) is 3. The van der Waals surface area contributed by atoms with E-state index in [-0.39, 0.29) is 10.9 Å². The van der Waals surface area contributed by atoms with Gasteiger partial charge < -0.3 is 15.4 Å². The zero-order chi connectivity index (χ0) is 14.7. The minimum atomic E-state index is -0.157. The molecule has 0 atom stereocenters. The highest BCUT2D eigenvalue weighted by Crippen LogP contribution is 2.29. The lowest BCUT2D eigenvalue weighted by Gasteiger charge is -2.27. The van der Waals surface area contributed by atoms with Crippen LogP contribution in [-0.2, 0) is 4.74 Å². The maximum Gasteiger partial charge on any atom is 0.255 e. The van der Waals surface area contributed by atoms with Crippen LogP contribution in [0.2, 0.25) is 10.0 Å². The van der Waals surface area contributed by atoms with E-state index in [4.69, 9.17) is 33.7 Å². The molecule has 0 bridgehead atoms. The zero-order valence-corrected chi connectivity index (χ0v) is 12.9. The Labute approximate surface area is 128 Å². The molecule has 1 aromatic carbocycles. The van der Waals surface area contributed by atoms with Gasteiger partial charge in [0.1, 0.15) is 0 Å². The van der Waals surface area contributed by atoms with Gasteiger partial charge in [0.25, 0.3) is 5.91 Å². The van der Waals surface area contributed by atoms with Gasteiger partial charge in [0.15, 0.2) is 0 Å². The number of halogens is 2. The standard InChI is InChI=1S/C14H18Cl2N2O2/c1-18(8-9-2-4-20-5-3-9)14(19)11-6-10(17)7-12(15)13(11)16/h6-7,9H,2-5,8,17H2,1H3. The van der Waals surface area contributed by atoms with Gasteiger partial charge in [-0.15, -0.1) is 0 Å². The monoisotopic (exact) mass is 316 g/mol. The Balaban J connectivity index is 2.10. The third-order valence-electron chi connectivity index (χ3n) is 3.50. The molecule has 0 saturated carbocycles. The van der Waals surface area contributed by atoms with Gasteiger partial charge in [-0.2, -0.15) is 0 Å².